The first-order valence-corrected chi connectivity index (χ1v) is 9.55. The van der Waals surface area contributed by atoms with Gasteiger partial charge in [0.1, 0.15) is 12.0 Å². The van der Waals surface area contributed by atoms with Gasteiger partial charge in [0.2, 0.25) is 5.76 Å². The highest BCUT2D eigenvalue weighted by Crippen LogP contribution is 2.25. The number of aryl methyl sites for hydroxylation is 1. The van der Waals surface area contributed by atoms with Gasteiger partial charge in [-0.25, -0.2) is 9.97 Å². The van der Waals surface area contributed by atoms with Crippen LogP contribution in [0.2, 0.25) is 0 Å². The molecule has 1 amide bonds. The summed E-state index contributed by atoms with van der Waals surface area (Å²) < 4.78 is 6.97. The molecule has 9 heteroatoms. The van der Waals surface area contributed by atoms with E-state index in [4.69, 9.17) is 4.52 Å². The minimum absolute atomic E-state index is 0.0979. The first-order valence-electron chi connectivity index (χ1n) is 9.55. The number of rotatable bonds is 6. The van der Waals surface area contributed by atoms with Crippen LogP contribution in [0.4, 0.5) is 5.69 Å². The van der Waals surface area contributed by atoms with E-state index in [2.05, 4.69) is 25.4 Å². The third-order valence-electron chi connectivity index (χ3n) is 4.70. The summed E-state index contributed by atoms with van der Waals surface area (Å²) in [4.78, 5) is 38.0. The van der Waals surface area contributed by atoms with E-state index in [0.29, 0.717) is 40.0 Å². The first kappa shape index (κ1) is 19.4. The van der Waals surface area contributed by atoms with Crippen LogP contribution < -0.4 is 5.32 Å². The van der Waals surface area contributed by atoms with Crippen molar-refractivity contribution in [3.05, 3.63) is 65.8 Å². The number of nitrogens with one attached hydrogen (secondary N) is 1. The largest absolute Gasteiger partial charge is 0.351 e. The molecule has 4 heterocycles. The lowest BCUT2D eigenvalue weighted by molar-refractivity contribution is 0.0986. The van der Waals surface area contributed by atoms with E-state index >= 15 is 0 Å². The number of pyridine rings is 1. The summed E-state index contributed by atoms with van der Waals surface area (Å²) in [5.41, 5.74) is 2.58. The number of carbonyl (C=O) groups excluding carboxylic acids is 2. The molecule has 0 aromatic carbocycles. The molecule has 1 N–H and O–H groups in total. The van der Waals surface area contributed by atoms with Crippen LogP contribution in [0.15, 0.2) is 47.8 Å². The lowest BCUT2D eigenvalue weighted by Crippen LogP contribution is -2.12. The van der Waals surface area contributed by atoms with Crippen LogP contribution in [0.5, 0.6) is 0 Å². The topological polar surface area (TPSA) is 116 Å². The van der Waals surface area contributed by atoms with Crippen molar-refractivity contribution in [1.29, 1.82) is 0 Å². The van der Waals surface area contributed by atoms with Gasteiger partial charge in [-0.2, -0.15) is 0 Å². The van der Waals surface area contributed by atoms with Crippen molar-refractivity contribution in [3.63, 3.8) is 0 Å². The van der Waals surface area contributed by atoms with Crippen molar-refractivity contribution < 1.29 is 14.1 Å². The molecule has 0 fully saturated rings. The van der Waals surface area contributed by atoms with Gasteiger partial charge in [0, 0.05) is 41.6 Å². The highest BCUT2D eigenvalue weighted by molar-refractivity contribution is 6.16. The number of amides is 1. The average molecular weight is 404 g/mol. The van der Waals surface area contributed by atoms with Gasteiger partial charge in [-0.3, -0.25) is 14.6 Å². The molecule has 9 nitrogen and oxygen atoms in total. The molecule has 0 saturated heterocycles. The Balaban J connectivity index is 1.63. The standard InChI is InChI=1S/C21H20N6O3/c1-4-14-6-18(30-26-14)21(29)25-15-5-13(7-22-8-15)19(28)17-10-27(12(2)3)20-16(17)9-23-11-24-20/h5-12H,4H2,1-3H3,(H,25,29). The van der Waals surface area contributed by atoms with E-state index in [1.54, 1.807) is 24.5 Å². The smallest absolute Gasteiger partial charge is 0.294 e. The maximum Gasteiger partial charge on any atom is 0.294 e. The quantitative estimate of drug-likeness (QED) is 0.489. The minimum Gasteiger partial charge on any atom is -0.351 e. The maximum atomic E-state index is 13.2. The van der Waals surface area contributed by atoms with E-state index in [-0.39, 0.29) is 17.6 Å². The summed E-state index contributed by atoms with van der Waals surface area (Å²) in [6.07, 6.45) is 8.45. The molecular weight excluding hydrogens is 384 g/mol. The second-order valence-corrected chi connectivity index (χ2v) is 7.09. The molecule has 152 valence electrons. The monoisotopic (exact) mass is 404 g/mol. The molecule has 0 bridgehead atoms. The summed E-state index contributed by atoms with van der Waals surface area (Å²) in [7, 11) is 0. The zero-order valence-corrected chi connectivity index (χ0v) is 16.8. The molecule has 0 aliphatic rings. The number of ketones is 1. The van der Waals surface area contributed by atoms with E-state index in [9.17, 15) is 9.59 Å². The average Bonchev–Trinajstić information content (AvgIpc) is 3.38. The third-order valence-corrected chi connectivity index (χ3v) is 4.70. The van der Waals surface area contributed by atoms with E-state index in [0.717, 1.165) is 0 Å². The number of hydrogen-bond acceptors (Lipinski definition) is 7. The number of anilines is 1. The molecule has 30 heavy (non-hydrogen) atoms. The number of carbonyl (C=O) groups is 2. The van der Waals surface area contributed by atoms with Crippen molar-refractivity contribution >= 4 is 28.4 Å². The predicted octanol–water partition coefficient (Wildman–Crippen LogP) is 3.44. The second-order valence-electron chi connectivity index (χ2n) is 7.09. The highest BCUT2D eigenvalue weighted by Gasteiger charge is 2.20. The molecule has 4 aromatic heterocycles. The Morgan fingerprint density at radius 3 is 2.73 bits per heavy atom. The van der Waals surface area contributed by atoms with Crippen LogP contribution in [0.25, 0.3) is 11.0 Å². The van der Waals surface area contributed by atoms with Gasteiger partial charge >= 0.3 is 0 Å². The molecule has 0 radical (unpaired) electrons. The zero-order chi connectivity index (χ0) is 21.3. The fraction of sp³-hybridized carbons (Fsp3) is 0.238. The number of aromatic nitrogens is 5. The molecular formula is C21H20N6O3. The van der Waals surface area contributed by atoms with E-state index < -0.39 is 5.91 Å². The summed E-state index contributed by atoms with van der Waals surface area (Å²) in [5, 5.41) is 7.16. The third kappa shape index (κ3) is 3.57. The van der Waals surface area contributed by atoms with Gasteiger partial charge in [-0.15, -0.1) is 0 Å². The molecule has 4 rings (SSSR count). The maximum absolute atomic E-state index is 13.2. The lowest BCUT2D eigenvalue weighted by atomic mass is 10.1. The molecule has 0 saturated carbocycles. The number of fused-ring (bicyclic) bond motifs is 1. The zero-order valence-electron chi connectivity index (χ0n) is 16.8. The summed E-state index contributed by atoms with van der Waals surface area (Å²) in [6, 6.07) is 3.29. The summed E-state index contributed by atoms with van der Waals surface area (Å²) in [5.74, 6) is -0.593. The normalized spacial score (nSPS) is 11.2. The van der Waals surface area contributed by atoms with Crippen molar-refractivity contribution in [2.45, 2.75) is 33.2 Å². The molecule has 0 unspecified atom stereocenters. The minimum atomic E-state index is -0.460. The Morgan fingerprint density at radius 1 is 1.17 bits per heavy atom. The van der Waals surface area contributed by atoms with Gasteiger partial charge in [-0.1, -0.05) is 12.1 Å². The van der Waals surface area contributed by atoms with Gasteiger partial charge in [0.05, 0.1) is 23.1 Å². The molecule has 4 aromatic rings. The second kappa shape index (κ2) is 7.86. The fourth-order valence-corrected chi connectivity index (χ4v) is 3.13. The predicted molar refractivity (Wildman–Crippen MR) is 109 cm³/mol. The van der Waals surface area contributed by atoms with Crippen LogP contribution in [-0.4, -0.2) is 36.4 Å². The number of nitrogens with zero attached hydrogens (tertiary/aromatic N) is 5. The van der Waals surface area contributed by atoms with Crippen molar-refractivity contribution in [3.8, 4) is 0 Å². The highest BCUT2D eigenvalue weighted by atomic mass is 16.5. The molecule has 0 aliphatic carbocycles. The van der Waals surface area contributed by atoms with Crippen LogP contribution in [0.3, 0.4) is 0 Å². The van der Waals surface area contributed by atoms with Crippen LogP contribution in [0, 0.1) is 0 Å². The molecule has 0 atom stereocenters. The molecule has 0 aliphatic heterocycles. The van der Waals surface area contributed by atoms with E-state index in [1.807, 2.05) is 25.3 Å². The first-order chi connectivity index (χ1) is 14.5. The Kier molecular flexibility index (Phi) is 5.09. The van der Waals surface area contributed by atoms with Crippen LogP contribution >= 0.6 is 0 Å². The van der Waals surface area contributed by atoms with Gasteiger partial charge in [0.25, 0.3) is 5.91 Å². The lowest BCUT2D eigenvalue weighted by Gasteiger charge is -2.07. The Hall–Kier alpha value is -3.88. The van der Waals surface area contributed by atoms with Crippen molar-refractivity contribution in [2.75, 3.05) is 5.32 Å². The van der Waals surface area contributed by atoms with Crippen LogP contribution in [-0.2, 0) is 6.42 Å². The molecule has 0 spiro atoms. The summed E-state index contributed by atoms with van der Waals surface area (Å²) in [6.45, 7) is 5.95. The summed E-state index contributed by atoms with van der Waals surface area (Å²) >= 11 is 0. The Labute approximate surface area is 172 Å². The fourth-order valence-electron chi connectivity index (χ4n) is 3.13. The Bertz CT molecular complexity index is 1240. The van der Waals surface area contributed by atoms with Gasteiger partial charge in [-0.05, 0) is 26.3 Å². The number of hydrogen-bond donors (Lipinski definition) is 1. The van der Waals surface area contributed by atoms with Gasteiger partial charge < -0.3 is 14.4 Å². The van der Waals surface area contributed by atoms with Crippen molar-refractivity contribution in [2.24, 2.45) is 0 Å². The van der Waals surface area contributed by atoms with Crippen molar-refractivity contribution in [1.82, 2.24) is 24.7 Å². The SMILES string of the molecule is CCc1cc(C(=O)Nc2cncc(C(=O)c3cn(C(C)C)c4ncncc34)c2)on1. The van der Waals surface area contributed by atoms with Crippen LogP contribution in [0.1, 0.15) is 59.0 Å². The van der Waals surface area contributed by atoms with E-state index in [1.165, 1.54) is 18.7 Å². The Morgan fingerprint density at radius 2 is 2.00 bits per heavy atom. The van der Waals surface area contributed by atoms with Gasteiger partial charge in [0.15, 0.2) is 5.78 Å².